The Morgan fingerprint density at radius 2 is 2.00 bits per heavy atom. The summed E-state index contributed by atoms with van der Waals surface area (Å²) in [5.74, 6) is 0. The van der Waals surface area contributed by atoms with Crippen LogP contribution in [0.25, 0.3) is 0 Å². The molecule has 0 aliphatic heterocycles. The summed E-state index contributed by atoms with van der Waals surface area (Å²) in [7, 11) is 0. The minimum absolute atomic E-state index is 0.0473. The lowest BCUT2D eigenvalue weighted by molar-refractivity contribution is 0.218. The summed E-state index contributed by atoms with van der Waals surface area (Å²) in [4.78, 5) is 0. The molecule has 0 atom stereocenters. The fourth-order valence-corrected chi connectivity index (χ4v) is 1.26. The number of hydrogen-bond donors (Lipinski definition) is 1. The molecular weight excluding hydrogens is 162 g/mol. The van der Waals surface area contributed by atoms with Gasteiger partial charge in [0.2, 0.25) is 0 Å². The van der Waals surface area contributed by atoms with Gasteiger partial charge in [0.05, 0.1) is 18.2 Å². The number of rotatable bonds is 2. The van der Waals surface area contributed by atoms with Crippen molar-refractivity contribution < 1.29 is 5.11 Å². The normalized spacial score (nSPS) is 10.9. The molecule has 1 N–H and O–H groups in total. The average Bonchev–Trinajstić information content (AvgIpc) is 2.18. The molecule has 2 nitrogen and oxygen atoms in total. The van der Waals surface area contributed by atoms with E-state index < -0.39 is 0 Å². The smallest absolute Gasteiger partial charge is 0.0994 e. The van der Waals surface area contributed by atoms with Crippen molar-refractivity contribution >= 4 is 0 Å². The molecule has 68 valence electrons. The van der Waals surface area contributed by atoms with Gasteiger partial charge in [-0.2, -0.15) is 5.26 Å². The number of benzene rings is 1. The zero-order valence-electron chi connectivity index (χ0n) is 7.91. The van der Waals surface area contributed by atoms with Gasteiger partial charge in [-0.1, -0.05) is 32.0 Å². The van der Waals surface area contributed by atoms with Gasteiger partial charge in [-0.05, 0) is 11.6 Å². The number of nitriles is 1. The van der Waals surface area contributed by atoms with Crippen LogP contribution in [0.3, 0.4) is 0 Å². The monoisotopic (exact) mass is 175 g/mol. The third-order valence-corrected chi connectivity index (χ3v) is 2.17. The van der Waals surface area contributed by atoms with E-state index in [1.807, 2.05) is 32.0 Å². The van der Waals surface area contributed by atoms with E-state index in [1.165, 1.54) is 0 Å². The molecule has 0 radical (unpaired) electrons. The first kappa shape index (κ1) is 9.76. The zero-order chi connectivity index (χ0) is 9.90. The molecule has 0 saturated carbocycles. The Morgan fingerprint density at radius 3 is 2.54 bits per heavy atom. The van der Waals surface area contributed by atoms with Crippen LogP contribution < -0.4 is 0 Å². The number of nitrogens with zero attached hydrogens (tertiary/aromatic N) is 1. The van der Waals surface area contributed by atoms with Crippen molar-refractivity contribution in [1.29, 1.82) is 5.26 Å². The highest BCUT2D eigenvalue weighted by atomic mass is 16.3. The van der Waals surface area contributed by atoms with Crippen molar-refractivity contribution in [2.75, 3.05) is 6.61 Å². The molecule has 0 bridgehead atoms. The van der Waals surface area contributed by atoms with Crippen molar-refractivity contribution in [3.8, 4) is 6.07 Å². The van der Waals surface area contributed by atoms with Gasteiger partial charge in [0.1, 0.15) is 0 Å². The molecule has 0 amide bonds. The standard InChI is InChI=1S/C11H13NO/c1-11(2,8-13)10-6-4-3-5-9(10)7-12/h3-6,13H,8H2,1-2H3. The molecule has 0 aliphatic carbocycles. The molecule has 0 aliphatic rings. The first-order valence-corrected chi connectivity index (χ1v) is 4.22. The minimum atomic E-state index is -0.341. The lowest BCUT2D eigenvalue weighted by atomic mass is 9.83. The van der Waals surface area contributed by atoms with Gasteiger partial charge in [0.15, 0.2) is 0 Å². The van der Waals surface area contributed by atoms with Crippen LogP contribution in [-0.2, 0) is 5.41 Å². The molecule has 0 saturated heterocycles. The van der Waals surface area contributed by atoms with E-state index in [4.69, 9.17) is 10.4 Å². The SMILES string of the molecule is CC(C)(CO)c1ccccc1C#N. The zero-order valence-corrected chi connectivity index (χ0v) is 7.91. The van der Waals surface area contributed by atoms with E-state index >= 15 is 0 Å². The predicted octanol–water partition coefficient (Wildman–Crippen LogP) is 1.83. The molecule has 1 aromatic carbocycles. The van der Waals surface area contributed by atoms with Crippen LogP contribution in [0.1, 0.15) is 25.0 Å². The summed E-state index contributed by atoms with van der Waals surface area (Å²) in [6, 6.07) is 9.49. The molecule has 0 unspecified atom stereocenters. The molecule has 0 heterocycles. The fraction of sp³-hybridized carbons (Fsp3) is 0.364. The second-order valence-corrected chi connectivity index (χ2v) is 3.70. The first-order valence-electron chi connectivity index (χ1n) is 4.22. The highest BCUT2D eigenvalue weighted by Crippen LogP contribution is 2.25. The Hall–Kier alpha value is -1.33. The van der Waals surface area contributed by atoms with Crippen LogP contribution in [0.15, 0.2) is 24.3 Å². The molecule has 0 aromatic heterocycles. The maximum atomic E-state index is 9.16. The van der Waals surface area contributed by atoms with Crippen LogP contribution in [0, 0.1) is 11.3 Å². The van der Waals surface area contributed by atoms with Crippen LogP contribution in [0.5, 0.6) is 0 Å². The molecule has 1 aromatic rings. The van der Waals surface area contributed by atoms with Gasteiger partial charge in [-0.15, -0.1) is 0 Å². The van der Waals surface area contributed by atoms with Crippen molar-refractivity contribution in [3.05, 3.63) is 35.4 Å². The third kappa shape index (κ3) is 1.88. The first-order chi connectivity index (χ1) is 6.11. The summed E-state index contributed by atoms with van der Waals surface area (Å²) in [6.45, 7) is 3.89. The van der Waals surface area contributed by atoms with Crippen LogP contribution in [0.2, 0.25) is 0 Å². The van der Waals surface area contributed by atoms with Crippen LogP contribution >= 0.6 is 0 Å². The van der Waals surface area contributed by atoms with E-state index in [9.17, 15) is 0 Å². The second-order valence-electron chi connectivity index (χ2n) is 3.70. The van der Waals surface area contributed by atoms with Gasteiger partial charge in [-0.25, -0.2) is 0 Å². The van der Waals surface area contributed by atoms with Gasteiger partial charge < -0.3 is 5.11 Å². The van der Waals surface area contributed by atoms with Gasteiger partial charge in [-0.3, -0.25) is 0 Å². The third-order valence-electron chi connectivity index (χ3n) is 2.17. The van der Waals surface area contributed by atoms with Gasteiger partial charge in [0.25, 0.3) is 0 Å². The van der Waals surface area contributed by atoms with E-state index in [-0.39, 0.29) is 12.0 Å². The second kappa shape index (κ2) is 3.59. The Kier molecular flexibility index (Phi) is 2.69. The number of aliphatic hydroxyl groups excluding tert-OH is 1. The minimum Gasteiger partial charge on any atom is -0.395 e. The topological polar surface area (TPSA) is 44.0 Å². The Balaban J connectivity index is 3.22. The Morgan fingerprint density at radius 1 is 1.38 bits per heavy atom. The molecule has 13 heavy (non-hydrogen) atoms. The summed E-state index contributed by atoms with van der Waals surface area (Å²) in [5, 5.41) is 18.0. The molecular formula is C11H13NO. The van der Waals surface area contributed by atoms with E-state index in [2.05, 4.69) is 6.07 Å². The van der Waals surface area contributed by atoms with Crippen molar-refractivity contribution in [1.82, 2.24) is 0 Å². The molecule has 2 heteroatoms. The van der Waals surface area contributed by atoms with Gasteiger partial charge in [0, 0.05) is 5.41 Å². The van der Waals surface area contributed by atoms with E-state index in [1.54, 1.807) is 6.07 Å². The maximum Gasteiger partial charge on any atom is 0.0994 e. The fourth-order valence-electron chi connectivity index (χ4n) is 1.26. The summed E-state index contributed by atoms with van der Waals surface area (Å²) < 4.78 is 0. The lowest BCUT2D eigenvalue weighted by Crippen LogP contribution is -2.23. The largest absolute Gasteiger partial charge is 0.395 e. The predicted molar refractivity (Wildman–Crippen MR) is 51.3 cm³/mol. The van der Waals surface area contributed by atoms with E-state index in [0.29, 0.717) is 5.56 Å². The van der Waals surface area contributed by atoms with Crippen LogP contribution in [0.4, 0.5) is 0 Å². The molecule has 0 fully saturated rings. The lowest BCUT2D eigenvalue weighted by Gasteiger charge is -2.23. The molecule has 1 rings (SSSR count). The van der Waals surface area contributed by atoms with Crippen molar-refractivity contribution in [2.24, 2.45) is 0 Å². The van der Waals surface area contributed by atoms with Gasteiger partial charge >= 0.3 is 0 Å². The maximum absolute atomic E-state index is 9.16. The Bertz CT molecular complexity index is 336. The molecule has 0 spiro atoms. The summed E-state index contributed by atoms with van der Waals surface area (Å²) >= 11 is 0. The van der Waals surface area contributed by atoms with Crippen molar-refractivity contribution in [3.63, 3.8) is 0 Å². The summed E-state index contributed by atoms with van der Waals surface area (Å²) in [6.07, 6.45) is 0. The van der Waals surface area contributed by atoms with Crippen molar-refractivity contribution in [2.45, 2.75) is 19.3 Å². The average molecular weight is 175 g/mol. The highest BCUT2D eigenvalue weighted by Gasteiger charge is 2.21. The highest BCUT2D eigenvalue weighted by molar-refractivity contribution is 5.41. The number of hydrogen-bond acceptors (Lipinski definition) is 2. The number of aliphatic hydroxyl groups is 1. The summed E-state index contributed by atoms with van der Waals surface area (Å²) in [5.41, 5.74) is 1.20. The van der Waals surface area contributed by atoms with E-state index in [0.717, 1.165) is 5.56 Å². The Labute approximate surface area is 78.4 Å². The van der Waals surface area contributed by atoms with Crippen LogP contribution in [-0.4, -0.2) is 11.7 Å². The quantitative estimate of drug-likeness (QED) is 0.745.